The molecule has 0 unspecified atom stereocenters. The summed E-state index contributed by atoms with van der Waals surface area (Å²) >= 11 is 6.07. The molecule has 0 radical (unpaired) electrons. The number of carbonyl (C=O) groups excluding carboxylic acids is 1. The molecule has 1 aliphatic rings. The Balaban J connectivity index is 1.74. The van der Waals surface area contributed by atoms with Gasteiger partial charge < -0.3 is 19.3 Å². The Morgan fingerprint density at radius 3 is 2.35 bits per heavy atom. The number of carbonyl (C=O) groups is 1. The second-order valence-corrected chi connectivity index (χ2v) is 9.50. The number of nitrogens with zero attached hydrogens (tertiary/aromatic N) is 3. The van der Waals surface area contributed by atoms with E-state index in [1.54, 1.807) is 23.1 Å². The van der Waals surface area contributed by atoms with Gasteiger partial charge in [-0.2, -0.15) is 0 Å². The predicted molar refractivity (Wildman–Crippen MR) is 122 cm³/mol. The molecule has 1 amide bonds. The molecule has 1 aliphatic heterocycles. The van der Waals surface area contributed by atoms with E-state index in [-0.39, 0.29) is 18.1 Å². The number of ether oxygens (including phenoxy) is 2. The maximum Gasteiger partial charge on any atom is 0.243 e. The van der Waals surface area contributed by atoms with E-state index in [0.717, 1.165) is 16.2 Å². The summed E-state index contributed by atoms with van der Waals surface area (Å²) in [7, 11) is -0.808. The van der Waals surface area contributed by atoms with Crippen LogP contribution in [0.5, 0.6) is 11.5 Å². The van der Waals surface area contributed by atoms with E-state index >= 15 is 0 Å². The molecular formula is C21H26ClN3O5S. The van der Waals surface area contributed by atoms with Crippen LogP contribution in [0.15, 0.2) is 42.5 Å². The summed E-state index contributed by atoms with van der Waals surface area (Å²) in [5.41, 5.74) is 1.26. The Bertz CT molecular complexity index is 1040. The number of methoxy groups -OCH3 is 2. The first kappa shape index (κ1) is 23.0. The van der Waals surface area contributed by atoms with Crippen LogP contribution >= 0.6 is 11.6 Å². The van der Waals surface area contributed by atoms with Gasteiger partial charge in [-0.3, -0.25) is 9.10 Å². The molecule has 8 nitrogen and oxygen atoms in total. The zero-order valence-corrected chi connectivity index (χ0v) is 19.3. The molecule has 0 saturated carbocycles. The lowest BCUT2D eigenvalue weighted by Crippen LogP contribution is -2.52. The van der Waals surface area contributed by atoms with Crippen molar-refractivity contribution in [3.05, 3.63) is 47.5 Å². The molecule has 168 valence electrons. The number of piperazine rings is 1. The van der Waals surface area contributed by atoms with Gasteiger partial charge in [0.15, 0.2) is 0 Å². The van der Waals surface area contributed by atoms with Crippen LogP contribution in [0.4, 0.5) is 11.4 Å². The van der Waals surface area contributed by atoms with Crippen molar-refractivity contribution in [1.29, 1.82) is 0 Å². The number of rotatable bonds is 7. The summed E-state index contributed by atoms with van der Waals surface area (Å²) in [4.78, 5) is 16.8. The van der Waals surface area contributed by atoms with Crippen molar-refractivity contribution in [2.24, 2.45) is 0 Å². The highest BCUT2D eigenvalue weighted by molar-refractivity contribution is 7.92. The van der Waals surface area contributed by atoms with Crippen LogP contribution in [0.3, 0.4) is 0 Å². The minimum absolute atomic E-state index is 0.260. The summed E-state index contributed by atoms with van der Waals surface area (Å²) in [6, 6.07) is 12.4. The van der Waals surface area contributed by atoms with E-state index < -0.39 is 10.0 Å². The van der Waals surface area contributed by atoms with E-state index in [0.29, 0.717) is 42.7 Å². The Morgan fingerprint density at radius 1 is 1.06 bits per heavy atom. The summed E-state index contributed by atoms with van der Waals surface area (Å²) < 4.78 is 36.6. The second kappa shape index (κ2) is 9.65. The van der Waals surface area contributed by atoms with Crippen molar-refractivity contribution >= 4 is 38.9 Å². The van der Waals surface area contributed by atoms with Crippen LogP contribution in [-0.4, -0.2) is 72.4 Å². The number of benzene rings is 2. The fourth-order valence-electron chi connectivity index (χ4n) is 3.48. The van der Waals surface area contributed by atoms with E-state index in [9.17, 15) is 13.2 Å². The fraction of sp³-hybridized carbons (Fsp3) is 0.381. The number of hydrogen-bond acceptors (Lipinski definition) is 6. The largest absolute Gasteiger partial charge is 0.497 e. The molecule has 0 N–H and O–H groups in total. The predicted octanol–water partition coefficient (Wildman–Crippen LogP) is 2.47. The van der Waals surface area contributed by atoms with Crippen LogP contribution in [0.25, 0.3) is 0 Å². The lowest BCUT2D eigenvalue weighted by atomic mass is 10.2. The third-order valence-electron chi connectivity index (χ3n) is 5.14. The molecule has 2 aromatic rings. The summed E-state index contributed by atoms with van der Waals surface area (Å²) in [6.45, 7) is 1.91. The maximum absolute atomic E-state index is 13.0. The molecular weight excluding hydrogens is 442 g/mol. The fourth-order valence-corrected chi connectivity index (χ4v) is 4.51. The van der Waals surface area contributed by atoms with E-state index in [4.69, 9.17) is 21.1 Å². The number of amides is 1. The lowest BCUT2D eigenvalue weighted by molar-refractivity contribution is -0.129. The summed E-state index contributed by atoms with van der Waals surface area (Å²) in [5.74, 6) is 0.526. The highest BCUT2D eigenvalue weighted by atomic mass is 35.5. The summed E-state index contributed by atoms with van der Waals surface area (Å²) in [6.07, 6.45) is 1.07. The van der Waals surface area contributed by atoms with Crippen LogP contribution in [0.2, 0.25) is 5.02 Å². The molecule has 0 aliphatic carbocycles. The lowest BCUT2D eigenvalue weighted by Gasteiger charge is -2.37. The Hall–Kier alpha value is -2.65. The van der Waals surface area contributed by atoms with Crippen molar-refractivity contribution in [3.63, 3.8) is 0 Å². The zero-order chi connectivity index (χ0) is 22.6. The first-order chi connectivity index (χ1) is 14.7. The van der Waals surface area contributed by atoms with Crippen LogP contribution in [-0.2, 0) is 14.8 Å². The van der Waals surface area contributed by atoms with E-state index in [1.165, 1.54) is 14.2 Å². The number of anilines is 2. The molecule has 10 heteroatoms. The zero-order valence-electron chi connectivity index (χ0n) is 17.7. The monoisotopic (exact) mass is 467 g/mol. The van der Waals surface area contributed by atoms with Crippen molar-refractivity contribution in [3.8, 4) is 11.5 Å². The molecule has 0 bridgehead atoms. The first-order valence-corrected chi connectivity index (χ1v) is 11.9. The maximum atomic E-state index is 13.0. The Kier molecular flexibility index (Phi) is 7.17. The van der Waals surface area contributed by atoms with Crippen LogP contribution in [0.1, 0.15) is 0 Å². The molecule has 1 saturated heterocycles. The van der Waals surface area contributed by atoms with Gasteiger partial charge in [0.2, 0.25) is 15.9 Å². The van der Waals surface area contributed by atoms with Gasteiger partial charge in [-0.05, 0) is 30.3 Å². The highest BCUT2D eigenvalue weighted by Gasteiger charge is 2.28. The van der Waals surface area contributed by atoms with Gasteiger partial charge in [0, 0.05) is 43.0 Å². The first-order valence-electron chi connectivity index (χ1n) is 9.71. The minimum Gasteiger partial charge on any atom is -0.497 e. The molecule has 1 heterocycles. The molecule has 1 fully saturated rings. The van der Waals surface area contributed by atoms with Gasteiger partial charge in [0.05, 0.1) is 26.2 Å². The van der Waals surface area contributed by atoms with Crippen LogP contribution < -0.4 is 18.7 Å². The molecule has 0 aromatic heterocycles. The van der Waals surface area contributed by atoms with Crippen molar-refractivity contribution < 1.29 is 22.7 Å². The quantitative estimate of drug-likeness (QED) is 0.622. The normalized spacial score (nSPS) is 14.3. The van der Waals surface area contributed by atoms with Gasteiger partial charge >= 0.3 is 0 Å². The number of hydrogen-bond donors (Lipinski definition) is 0. The Labute approximate surface area is 187 Å². The minimum atomic E-state index is -3.74. The smallest absolute Gasteiger partial charge is 0.243 e. The Morgan fingerprint density at radius 2 is 1.77 bits per heavy atom. The molecule has 0 atom stereocenters. The standard InChI is InChI=1S/C21H26ClN3O5S/c1-29-18-7-8-20(30-2)19(14-18)25(31(3,27)28)15-21(26)24-11-9-23(10-12-24)17-6-4-5-16(22)13-17/h4-8,13-14H,9-12,15H2,1-3H3. The van der Waals surface area contributed by atoms with Crippen molar-refractivity contribution in [1.82, 2.24) is 4.90 Å². The van der Waals surface area contributed by atoms with E-state index in [2.05, 4.69) is 4.90 Å². The molecule has 0 spiro atoms. The van der Waals surface area contributed by atoms with Gasteiger partial charge in [-0.15, -0.1) is 0 Å². The summed E-state index contributed by atoms with van der Waals surface area (Å²) in [5, 5.41) is 0.659. The molecule has 2 aromatic carbocycles. The van der Waals surface area contributed by atoms with Crippen molar-refractivity contribution in [2.75, 3.05) is 62.4 Å². The highest BCUT2D eigenvalue weighted by Crippen LogP contribution is 2.33. The number of sulfonamides is 1. The van der Waals surface area contributed by atoms with E-state index in [1.807, 2.05) is 24.3 Å². The van der Waals surface area contributed by atoms with Gasteiger partial charge in [0.25, 0.3) is 0 Å². The number of halogens is 1. The van der Waals surface area contributed by atoms with Gasteiger partial charge in [-0.1, -0.05) is 17.7 Å². The molecule has 31 heavy (non-hydrogen) atoms. The van der Waals surface area contributed by atoms with Crippen molar-refractivity contribution in [2.45, 2.75) is 0 Å². The second-order valence-electron chi connectivity index (χ2n) is 7.16. The van der Waals surface area contributed by atoms with Gasteiger partial charge in [0.1, 0.15) is 18.0 Å². The average Bonchev–Trinajstić information content (AvgIpc) is 2.76. The SMILES string of the molecule is COc1ccc(OC)c(N(CC(=O)N2CCN(c3cccc(Cl)c3)CC2)S(C)(=O)=O)c1. The third kappa shape index (κ3) is 5.54. The third-order valence-corrected chi connectivity index (χ3v) is 6.50. The average molecular weight is 468 g/mol. The van der Waals surface area contributed by atoms with Crippen LogP contribution in [0, 0.1) is 0 Å². The topological polar surface area (TPSA) is 79.4 Å². The molecule has 3 rings (SSSR count). The van der Waals surface area contributed by atoms with Gasteiger partial charge in [-0.25, -0.2) is 8.42 Å².